The number of aliphatic hydroxyl groups excluding tert-OH is 1. The van der Waals surface area contributed by atoms with Crippen LogP contribution in [-0.4, -0.2) is 58.3 Å². The number of carbonyl (C=O) groups excluding carboxylic acids is 1. The molecule has 0 aliphatic carbocycles. The van der Waals surface area contributed by atoms with Crippen LogP contribution in [0.3, 0.4) is 0 Å². The van der Waals surface area contributed by atoms with E-state index < -0.39 is 0 Å². The van der Waals surface area contributed by atoms with Crippen LogP contribution in [0.2, 0.25) is 0 Å². The largest absolute Gasteiger partial charge is 0.506 e. The van der Waals surface area contributed by atoms with Crippen LogP contribution < -0.4 is 5.32 Å². The van der Waals surface area contributed by atoms with E-state index in [1.54, 1.807) is 0 Å². The highest BCUT2D eigenvalue weighted by atomic mass is 16.3. The van der Waals surface area contributed by atoms with Crippen molar-refractivity contribution in [1.29, 1.82) is 0 Å². The number of nitrogens with one attached hydrogen (secondary N) is 1. The lowest BCUT2D eigenvalue weighted by Crippen LogP contribution is -2.43. The summed E-state index contributed by atoms with van der Waals surface area (Å²) in [6.07, 6.45) is 5.53. The Bertz CT molecular complexity index is 450. The fourth-order valence-electron chi connectivity index (χ4n) is 2.66. The number of piperidine rings is 1. The van der Waals surface area contributed by atoms with Crippen LogP contribution >= 0.6 is 0 Å². The van der Waals surface area contributed by atoms with Gasteiger partial charge in [0.1, 0.15) is 11.4 Å². The van der Waals surface area contributed by atoms with E-state index >= 15 is 0 Å². The smallest absolute Gasteiger partial charge is 0.269 e. The third kappa shape index (κ3) is 4.68. The number of nitrogens with zero attached hydrogens (tertiary/aromatic N) is 2. The van der Waals surface area contributed by atoms with E-state index in [2.05, 4.69) is 15.2 Å². The molecular weight excluding hydrogens is 270 g/mol. The molecule has 0 spiro atoms. The maximum atomic E-state index is 11.8. The topological polar surface area (TPSA) is 85.7 Å². The zero-order valence-electron chi connectivity index (χ0n) is 12.2. The third-order valence-electron chi connectivity index (χ3n) is 3.85. The maximum Gasteiger partial charge on any atom is 0.269 e. The fraction of sp³-hybridized carbons (Fsp3) is 0.600. The van der Waals surface area contributed by atoms with Gasteiger partial charge in [-0.1, -0.05) is 6.42 Å². The second-order valence-corrected chi connectivity index (χ2v) is 5.38. The number of aromatic nitrogens is 1. The van der Waals surface area contributed by atoms with E-state index in [0.717, 1.165) is 25.9 Å². The van der Waals surface area contributed by atoms with Gasteiger partial charge in [0.25, 0.3) is 5.91 Å². The van der Waals surface area contributed by atoms with E-state index in [-0.39, 0.29) is 24.3 Å². The van der Waals surface area contributed by atoms with Crippen molar-refractivity contribution in [3.63, 3.8) is 0 Å². The molecule has 2 heterocycles. The molecule has 1 unspecified atom stereocenters. The first kappa shape index (κ1) is 15.7. The monoisotopic (exact) mass is 293 g/mol. The summed E-state index contributed by atoms with van der Waals surface area (Å²) in [6.45, 7) is 2.70. The molecule has 2 rings (SSSR count). The first-order valence-electron chi connectivity index (χ1n) is 7.49. The summed E-state index contributed by atoms with van der Waals surface area (Å²) in [5.74, 6) is -0.181. The molecule has 6 heteroatoms. The quantitative estimate of drug-likeness (QED) is 0.674. The Morgan fingerprint density at radius 2 is 2.29 bits per heavy atom. The summed E-state index contributed by atoms with van der Waals surface area (Å²) in [5.41, 5.74) is 0.305. The van der Waals surface area contributed by atoms with Gasteiger partial charge >= 0.3 is 0 Å². The van der Waals surface area contributed by atoms with E-state index in [4.69, 9.17) is 5.11 Å². The fourth-order valence-corrected chi connectivity index (χ4v) is 2.66. The van der Waals surface area contributed by atoms with E-state index in [1.165, 1.54) is 31.2 Å². The molecule has 6 nitrogen and oxygen atoms in total. The van der Waals surface area contributed by atoms with Gasteiger partial charge in [0.15, 0.2) is 0 Å². The average Bonchev–Trinajstić information content (AvgIpc) is 2.52. The Balaban J connectivity index is 1.69. The van der Waals surface area contributed by atoms with Crippen molar-refractivity contribution in [3.8, 4) is 5.75 Å². The van der Waals surface area contributed by atoms with Gasteiger partial charge in [0.2, 0.25) is 0 Å². The number of carbonyl (C=O) groups is 1. The van der Waals surface area contributed by atoms with Crippen molar-refractivity contribution in [2.45, 2.75) is 31.7 Å². The van der Waals surface area contributed by atoms with Gasteiger partial charge in [0, 0.05) is 19.1 Å². The molecule has 1 aromatic heterocycles. The molecule has 1 amide bonds. The van der Waals surface area contributed by atoms with Crippen LogP contribution in [0.25, 0.3) is 0 Å². The molecule has 0 aromatic carbocycles. The van der Waals surface area contributed by atoms with E-state index in [9.17, 15) is 9.90 Å². The molecular formula is C15H23N3O3. The maximum absolute atomic E-state index is 11.8. The highest BCUT2D eigenvalue weighted by molar-refractivity contribution is 5.92. The molecule has 1 saturated heterocycles. The molecule has 0 bridgehead atoms. The summed E-state index contributed by atoms with van der Waals surface area (Å²) in [5, 5.41) is 21.3. The summed E-state index contributed by atoms with van der Waals surface area (Å²) in [7, 11) is 0. The molecule has 1 aromatic rings. The van der Waals surface area contributed by atoms with Gasteiger partial charge in [-0.05, 0) is 37.9 Å². The number of rotatable bonds is 6. The van der Waals surface area contributed by atoms with Gasteiger partial charge in [-0.15, -0.1) is 0 Å². The van der Waals surface area contributed by atoms with Crippen LogP contribution in [-0.2, 0) is 0 Å². The van der Waals surface area contributed by atoms with Crippen LogP contribution in [0.5, 0.6) is 5.75 Å². The van der Waals surface area contributed by atoms with Gasteiger partial charge in [-0.25, -0.2) is 4.98 Å². The zero-order valence-corrected chi connectivity index (χ0v) is 12.2. The lowest BCUT2D eigenvalue weighted by molar-refractivity contribution is 0.0867. The number of hydrogen-bond acceptors (Lipinski definition) is 5. The number of hydrogen-bond donors (Lipinski definition) is 3. The normalized spacial score (nSPS) is 19.4. The third-order valence-corrected chi connectivity index (χ3v) is 3.85. The Morgan fingerprint density at radius 3 is 3.00 bits per heavy atom. The van der Waals surface area contributed by atoms with Crippen LogP contribution in [0.1, 0.15) is 36.2 Å². The van der Waals surface area contributed by atoms with Gasteiger partial charge < -0.3 is 15.5 Å². The molecule has 1 fully saturated rings. The predicted molar refractivity (Wildman–Crippen MR) is 79.1 cm³/mol. The minimum Gasteiger partial charge on any atom is -0.506 e. The SMILES string of the molecule is O=C(NCCCN1CCCCC1CO)c1ccc(O)cn1. The summed E-state index contributed by atoms with van der Waals surface area (Å²) in [4.78, 5) is 18.0. The summed E-state index contributed by atoms with van der Waals surface area (Å²) >= 11 is 0. The lowest BCUT2D eigenvalue weighted by atomic mass is 10.0. The van der Waals surface area contributed by atoms with Crippen molar-refractivity contribution in [3.05, 3.63) is 24.0 Å². The Morgan fingerprint density at radius 1 is 1.43 bits per heavy atom. The first-order valence-corrected chi connectivity index (χ1v) is 7.49. The van der Waals surface area contributed by atoms with Crippen molar-refractivity contribution in [1.82, 2.24) is 15.2 Å². The number of aromatic hydroxyl groups is 1. The molecule has 21 heavy (non-hydrogen) atoms. The average molecular weight is 293 g/mol. The Kier molecular flexibility index (Phi) is 5.95. The van der Waals surface area contributed by atoms with Gasteiger partial charge in [-0.3, -0.25) is 9.69 Å². The molecule has 1 aliphatic heterocycles. The van der Waals surface area contributed by atoms with Gasteiger partial charge in [-0.2, -0.15) is 0 Å². The van der Waals surface area contributed by atoms with Gasteiger partial charge in [0.05, 0.1) is 12.8 Å². The second kappa shape index (κ2) is 7.95. The number of aliphatic hydroxyl groups is 1. The molecule has 116 valence electrons. The van der Waals surface area contributed by atoms with Crippen molar-refractivity contribution in [2.75, 3.05) is 26.2 Å². The molecule has 3 N–H and O–H groups in total. The predicted octanol–water partition coefficient (Wildman–Crippen LogP) is 0.754. The Labute approximate surface area is 124 Å². The van der Waals surface area contributed by atoms with Crippen LogP contribution in [0.4, 0.5) is 0 Å². The lowest BCUT2D eigenvalue weighted by Gasteiger charge is -2.34. The highest BCUT2D eigenvalue weighted by Gasteiger charge is 2.20. The summed E-state index contributed by atoms with van der Waals surface area (Å²) < 4.78 is 0. The molecule has 0 radical (unpaired) electrons. The highest BCUT2D eigenvalue weighted by Crippen LogP contribution is 2.16. The first-order chi connectivity index (χ1) is 10.2. The Hall–Kier alpha value is -1.66. The minimum absolute atomic E-state index is 0.0479. The van der Waals surface area contributed by atoms with E-state index in [0.29, 0.717) is 12.2 Å². The van der Waals surface area contributed by atoms with Crippen molar-refractivity contribution in [2.24, 2.45) is 0 Å². The van der Waals surface area contributed by atoms with Crippen LogP contribution in [0, 0.1) is 0 Å². The second-order valence-electron chi connectivity index (χ2n) is 5.38. The zero-order chi connectivity index (χ0) is 15.1. The standard InChI is InChI=1S/C15H23N3O3/c19-11-12-4-1-2-8-18(12)9-3-7-16-15(21)14-6-5-13(20)10-17-14/h5-6,10,12,19-20H,1-4,7-9,11H2,(H,16,21). The number of pyridine rings is 1. The molecule has 1 aliphatic rings. The minimum atomic E-state index is -0.229. The van der Waals surface area contributed by atoms with Crippen LogP contribution in [0.15, 0.2) is 18.3 Å². The number of amides is 1. The summed E-state index contributed by atoms with van der Waals surface area (Å²) in [6, 6.07) is 3.21. The van der Waals surface area contributed by atoms with E-state index in [1.807, 2.05) is 0 Å². The molecule has 1 atom stereocenters. The van der Waals surface area contributed by atoms with Crippen molar-refractivity contribution >= 4 is 5.91 Å². The molecule has 0 saturated carbocycles. The van der Waals surface area contributed by atoms with Crippen molar-refractivity contribution < 1.29 is 15.0 Å². The number of likely N-dealkylation sites (tertiary alicyclic amines) is 1.